The number of pyridine rings is 1. The number of rotatable bonds is 4. The van der Waals surface area contributed by atoms with Gasteiger partial charge in [-0.05, 0) is 50.3 Å². The van der Waals surface area contributed by atoms with Crippen LogP contribution in [0.5, 0.6) is 0 Å². The molecule has 1 atom stereocenters. The van der Waals surface area contributed by atoms with Crippen LogP contribution in [0.4, 0.5) is 0 Å². The van der Waals surface area contributed by atoms with Crippen molar-refractivity contribution in [3.05, 3.63) is 64.0 Å². The Labute approximate surface area is 173 Å². The lowest BCUT2D eigenvalue weighted by Crippen LogP contribution is -2.41. The molecule has 0 spiro atoms. The van der Waals surface area contributed by atoms with Gasteiger partial charge in [0.05, 0.1) is 18.3 Å². The lowest BCUT2D eigenvalue weighted by Gasteiger charge is -2.24. The molecule has 2 aliphatic rings. The van der Waals surface area contributed by atoms with E-state index in [9.17, 15) is 9.59 Å². The van der Waals surface area contributed by atoms with Gasteiger partial charge in [0, 0.05) is 42.6 Å². The summed E-state index contributed by atoms with van der Waals surface area (Å²) >= 11 is 0. The van der Waals surface area contributed by atoms with Crippen LogP contribution in [0.1, 0.15) is 47.5 Å². The molecule has 3 aromatic heterocycles. The summed E-state index contributed by atoms with van der Waals surface area (Å²) in [4.78, 5) is 31.6. The van der Waals surface area contributed by atoms with Crippen molar-refractivity contribution in [2.24, 2.45) is 0 Å². The van der Waals surface area contributed by atoms with Gasteiger partial charge in [-0.15, -0.1) is 0 Å². The summed E-state index contributed by atoms with van der Waals surface area (Å²) in [5.41, 5.74) is 2.76. The molecule has 1 fully saturated rings. The number of aryl methyl sites for hydroxylation is 1. The Morgan fingerprint density at radius 3 is 2.93 bits per heavy atom. The fourth-order valence-electron chi connectivity index (χ4n) is 4.43. The van der Waals surface area contributed by atoms with E-state index in [0.717, 1.165) is 55.4 Å². The van der Waals surface area contributed by atoms with E-state index in [2.05, 4.69) is 15.2 Å². The molecule has 1 unspecified atom stereocenters. The van der Waals surface area contributed by atoms with Crippen LogP contribution in [0.15, 0.2) is 46.0 Å². The highest BCUT2D eigenvalue weighted by atomic mass is 16.5. The second-order valence-corrected chi connectivity index (χ2v) is 7.92. The first-order valence-electron chi connectivity index (χ1n) is 10.5. The normalized spacial score (nSPS) is 18.4. The van der Waals surface area contributed by atoms with Crippen LogP contribution < -0.4 is 5.56 Å². The quantitative estimate of drug-likeness (QED) is 0.662. The largest absolute Gasteiger partial charge is 0.360 e. The molecular weight excluding hydrogens is 382 g/mol. The molecule has 8 heteroatoms. The predicted molar refractivity (Wildman–Crippen MR) is 109 cm³/mol. The van der Waals surface area contributed by atoms with Crippen LogP contribution in [0.2, 0.25) is 0 Å². The SMILES string of the molecule is O=C(c1noc2c1CCCC2)N1CCCC1Cn1nc(-c2cccnc2)ccc1=O. The Balaban J connectivity index is 1.39. The van der Waals surface area contributed by atoms with Gasteiger partial charge in [-0.1, -0.05) is 5.16 Å². The first kappa shape index (κ1) is 18.7. The summed E-state index contributed by atoms with van der Waals surface area (Å²) in [5.74, 6) is 0.753. The smallest absolute Gasteiger partial charge is 0.276 e. The summed E-state index contributed by atoms with van der Waals surface area (Å²) in [6, 6.07) is 6.87. The monoisotopic (exact) mass is 405 g/mol. The van der Waals surface area contributed by atoms with Crippen LogP contribution in [-0.2, 0) is 19.4 Å². The third-order valence-corrected chi connectivity index (χ3v) is 6.00. The van der Waals surface area contributed by atoms with Crippen molar-refractivity contribution in [3.8, 4) is 11.3 Å². The summed E-state index contributed by atoms with van der Waals surface area (Å²) in [7, 11) is 0. The minimum atomic E-state index is -0.180. The molecule has 3 aromatic rings. The van der Waals surface area contributed by atoms with Crippen LogP contribution in [-0.4, -0.2) is 43.3 Å². The predicted octanol–water partition coefficient (Wildman–Crippen LogP) is 2.48. The van der Waals surface area contributed by atoms with Gasteiger partial charge in [0.1, 0.15) is 5.76 Å². The summed E-state index contributed by atoms with van der Waals surface area (Å²) < 4.78 is 6.89. The van der Waals surface area contributed by atoms with Gasteiger partial charge in [-0.3, -0.25) is 14.6 Å². The van der Waals surface area contributed by atoms with E-state index < -0.39 is 0 Å². The van der Waals surface area contributed by atoms with Crippen LogP contribution in [0, 0.1) is 0 Å². The van der Waals surface area contributed by atoms with Crippen molar-refractivity contribution in [1.82, 2.24) is 24.8 Å². The molecule has 0 radical (unpaired) electrons. The Morgan fingerprint density at radius 2 is 2.07 bits per heavy atom. The number of carbonyl (C=O) groups excluding carboxylic acids is 1. The molecule has 1 amide bonds. The molecule has 4 heterocycles. The highest BCUT2D eigenvalue weighted by molar-refractivity contribution is 5.94. The minimum absolute atomic E-state index is 0.0946. The van der Waals surface area contributed by atoms with E-state index in [1.807, 2.05) is 17.0 Å². The standard InChI is InChI=1S/C22H23N5O3/c28-20-10-9-18(15-5-3-11-23-13-15)24-27(20)14-16-6-4-12-26(16)22(29)21-17-7-1-2-8-19(17)30-25-21/h3,5,9-11,13,16H,1-2,4,6-8,12,14H2. The molecule has 154 valence electrons. The van der Waals surface area contributed by atoms with E-state index in [4.69, 9.17) is 4.52 Å². The van der Waals surface area contributed by atoms with Crippen molar-refractivity contribution in [3.63, 3.8) is 0 Å². The Hall–Kier alpha value is -3.29. The molecule has 0 saturated carbocycles. The molecule has 1 saturated heterocycles. The van der Waals surface area contributed by atoms with E-state index in [1.165, 1.54) is 10.7 Å². The number of aromatic nitrogens is 4. The lowest BCUT2D eigenvalue weighted by atomic mass is 9.96. The molecule has 30 heavy (non-hydrogen) atoms. The van der Waals surface area contributed by atoms with E-state index >= 15 is 0 Å². The number of carbonyl (C=O) groups is 1. The van der Waals surface area contributed by atoms with E-state index in [0.29, 0.717) is 24.5 Å². The van der Waals surface area contributed by atoms with Crippen molar-refractivity contribution in [2.45, 2.75) is 51.1 Å². The van der Waals surface area contributed by atoms with Gasteiger partial charge in [-0.25, -0.2) is 4.68 Å². The average Bonchev–Trinajstić information content (AvgIpc) is 3.42. The number of likely N-dealkylation sites (tertiary alicyclic amines) is 1. The Morgan fingerprint density at radius 1 is 1.17 bits per heavy atom. The Kier molecular flexibility index (Phi) is 4.90. The maximum Gasteiger partial charge on any atom is 0.276 e. The number of hydrogen-bond donors (Lipinski definition) is 0. The fourth-order valence-corrected chi connectivity index (χ4v) is 4.43. The molecule has 0 aromatic carbocycles. The van der Waals surface area contributed by atoms with Gasteiger partial charge in [0.15, 0.2) is 5.69 Å². The number of nitrogens with zero attached hydrogens (tertiary/aromatic N) is 5. The number of hydrogen-bond acceptors (Lipinski definition) is 6. The summed E-state index contributed by atoms with van der Waals surface area (Å²) in [6.07, 6.45) is 8.96. The van der Waals surface area contributed by atoms with Gasteiger partial charge in [0.25, 0.3) is 11.5 Å². The van der Waals surface area contributed by atoms with Gasteiger partial charge >= 0.3 is 0 Å². The molecule has 8 nitrogen and oxygen atoms in total. The van der Waals surface area contributed by atoms with Crippen LogP contribution in [0.25, 0.3) is 11.3 Å². The highest BCUT2D eigenvalue weighted by Gasteiger charge is 2.34. The maximum atomic E-state index is 13.2. The molecule has 0 bridgehead atoms. The van der Waals surface area contributed by atoms with Crippen LogP contribution in [0.3, 0.4) is 0 Å². The topological polar surface area (TPSA) is 94.1 Å². The lowest BCUT2D eigenvalue weighted by molar-refractivity contribution is 0.0709. The summed E-state index contributed by atoms with van der Waals surface area (Å²) in [5, 5.41) is 8.62. The second-order valence-electron chi connectivity index (χ2n) is 7.92. The molecule has 5 rings (SSSR count). The van der Waals surface area contributed by atoms with Crippen LogP contribution >= 0.6 is 0 Å². The third-order valence-electron chi connectivity index (χ3n) is 6.00. The van der Waals surface area contributed by atoms with E-state index in [-0.39, 0.29) is 17.5 Å². The van der Waals surface area contributed by atoms with Gasteiger partial charge in [0.2, 0.25) is 0 Å². The maximum absolute atomic E-state index is 13.2. The second kappa shape index (κ2) is 7.85. The van der Waals surface area contributed by atoms with Gasteiger partial charge in [-0.2, -0.15) is 5.10 Å². The zero-order valence-electron chi connectivity index (χ0n) is 16.7. The first-order valence-corrected chi connectivity index (χ1v) is 10.5. The molecule has 1 aliphatic carbocycles. The van der Waals surface area contributed by atoms with E-state index in [1.54, 1.807) is 18.5 Å². The zero-order chi connectivity index (χ0) is 20.5. The van der Waals surface area contributed by atoms with Crippen molar-refractivity contribution in [1.29, 1.82) is 0 Å². The van der Waals surface area contributed by atoms with Crippen molar-refractivity contribution >= 4 is 5.91 Å². The Bertz CT molecular complexity index is 1120. The highest BCUT2D eigenvalue weighted by Crippen LogP contribution is 2.28. The molecule has 0 N–H and O–H groups in total. The number of fused-ring (bicyclic) bond motifs is 1. The summed E-state index contributed by atoms with van der Waals surface area (Å²) in [6.45, 7) is 1.01. The molecule has 1 aliphatic heterocycles. The first-order chi connectivity index (χ1) is 14.7. The van der Waals surface area contributed by atoms with Crippen molar-refractivity contribution in [2.75, 3.05) is 6.54 Å². The third kappa shape index (κ3) is 3.42. The number of amides is 1. The minimum Gasteiger partial charge on any atom is -0.360 e. The molecular formula is C22H23N5O3. The fraction of sp³-hybridized carbons (Fsp3) is 0.409. The average molecular weight is 405 g/mol. The van der Waals surface area contributed by atoms with Crippen molar-refractivity contribution < 1.29 is 9.32 Å². The van der Waals surface area contributed by atoms with Gasteiger partial charge < -0.3 is 9.42 Å². The zero-order valence-corrected chi connectivity index (χ0v) is 16.7.